The molecule has 1 aliphatic heterocycles. The predicted octanol–water partition coefficient (Wildman–Crippen LogP) is 1.68. The lowest BCUT2D eigenvalue weighted by Gasteiger charge is -2.22. The Bertz CT molecular complexity index is 553. The van der Waals surface area contributed by atoms with Crippen molar-refractivity contribution in [1.29, 1.82) is 0 Å². The lowest BCUT2D eigenvalue weighted by atomic mass is 10.2. The van der Waals surface area contributed by atoms with Crippen LogP contribution in [0.25, 0.3) is 0 Å². The highest BCUT2D eigenvalue weighted by Crippen LogP contribution is 2.20. The van der Waals surface area contributed by atoms with Crippen LogP contribution in [0.3, 0.4) is 0 Å². The van der Waals surface area contributed by atoms with Crippen LogP contribution in [-0.2, 0) is 15.6 Å². The van der Waals surface area contributed by atoms with Crippen LogP contribution in [0.15, 0.2) is 24.3 Å². The highest BCUT2D eigenvalue weighted by atomic mass is 35.5. The Balaban J connectivity index is 0.00000200. The van der Waals surface area contributed by atoms with Gasteiger partial charge in [-0.25, -0.2) is 8.42 Å². The minimum Gasteiger partial charge on any atom is -0.317 e. The molecule has 112 valence electrons. The zero-order valence-electron chi connectivity index (χ0n) is 10.8. The van der Waals surface area contributed by atoms with Gasteiger partial charge in [-0.3, -0.25) is 10.1 Å². The largest absolute Gasteiger partial charge is 0.317 e. The third-order valence-electron chi connectivity index (χ3n) is 3.31. The van der Waals surface area contributed by atoms with Crippen LogP contribution in [-0.4, -0.2) is 31.7 Å². The number of sulfone groups is 1. The SMILES string of the molecule is Cl.O=[N+]([O-])c1ccc(CS(=O)(=O)C2CCNCC2)cc1. The fraction of sp³-hybridized carbons (Fsp3) is 0.500. The van der Waals surface area contributed by atoms with Crippen molar-refractivity contribution in [3.63, 3.8) is 0 Å². The van der Waals surface area contributed by atoms with E-state index >= 15 is 0 Å². The molecule has 1 fully saturated rings. The van der Waals surface area contributed by atoms with Crippen LogP contribution in [0.1, 0.15) is 18.4 Å². The first-order valence-electron chi connectivity index (χ1n) is 6.14. The van der Waals surface area contributed by atoms with Crippen LogP contribution in [0.4, 0.5) is 5.69 Å². The van der Waals surface area contributed by atoms with Crippen molar-refractivity contribution in [2.75, 3.05) is 13.1 Å². The zero-order valence-corrected chi connectivity index (χ0v) is 12.5. The van der Waals surface area contributed by atoms with Crippen LogP contribution in [0.5, 0.6) is 0 Å². The Morgan fingerprint density at radius 2 is 1.75 bits per heavy atom. The molecule has 0 bridgehead atoms. The van der Waals surface area contributed by atoms with E-state index in [2.05, 4.69) is 5.32 Å². The molecule has 0 spiro atoms. The van der Waals surface area contributed by atoms with Gasteiger partial charge in [-0.15, -0.1) is 12.4 Å². The van der Waals surface area contributed by atoms with E-state index in [1.807, 2.05) is 0 Å². The molecule has 20 heavy (non-hydrogen) atoms. The van der Waals surface area contributed by atoms with Crippen LogP contribution < -0.4 is 5.32 Å². The summed E-state index contributed by atoms with van der Waals surface area (Å²) >= 11 is 0. The van der Waals surface area contributed by atoms with Gasteiger partial charge in [0.25, 0.3) is 5.69 Å². The van der Waals surface area contributed by atoms with Gasteiger partial charge in [-0.2, -0.15) is 0 Å². The summed E-state index contributed by atoms with van der Waals surface area (Å²) in [4.78, 5) is 10.0. The number of rotatable bonds is 4. The van der Waals surface area contributed by atoms with Crippen LogP contribution in [0, 0.1) is 10.1 Å². The van der Waals surface area contributed by atoms with E-state index in [4.69, 9.17) is 0 Å². The Morgan fingerprint density at radius 1 is 1.20 bits per heavy atom. The number of hydrogen-bond acceptors (Lipinski definition) is 5. The number of benzene rings is 1. The molecule has 2 rings (SSSR count). The van der Waals surface area contributed by atoms with Gasteiger partial charge >= 0.3 is 0 Å². The van der Waals surface area contributed by atoms with Gasteiger partial charge in [0.15, 0.2) is 9.84 Å². The summed E-state index contributed by atoms with van der Waals surface area (Å²) in [5.41, 5.74) is 0.576. The van der Waals surface area contributed by atoms with Gasteiger partial charge in [0.05, 0.1) is 15.9 Å². The van der Waals surface area contributed by atoms with Crippen molar-refractivity contribution in [3.8, 4) is 0 Å². The van der Waals surface area contributed by atoms with E-state index in [-0.39, 0.29) is 29.1 Å². The number of non-ortho nitro benzene ring substituents is 1. The Hall–Kier alpha value is -1.18. The molecule has 0 aromatic heterocycles. The summed E-state index contributed by atoms with van der Waals surface area (Å²) < 4.78 is 24.4. The molecular formula is C12H17ClN2O4S. The molecule has 8 heteroatoms. The normalized spacial score (nSPS) is 16.4. The molecule has 1 aliphatic rings. The Labute approximate surface area is 124 Å². The van der Waals surface area contributed by atoms with Gasteiger partial charge in [0.2, 0.25) is 0 Å². The van der Waals surface area contributed by atoms with E-state index in [1.165, 1.54) is 24.3 Å². The van der Waals surface area contributed by atoms with E-state index in [9.17, 15) is 18.5 Å². The maximum absolute atomic E-state index is 12.2. The molecule has 6 nitrogen and oxygen atoms in total. The minimum absolute atomic E-state index is 0. The van der Waals surface area contributed by atoms with Crippen molar-refractivity contribution in [3.05, 3.63) is 39.9 Å². The van der Waals surface area contributed by atoms with Crippen LogP contribution >= 0.6 is 12.4 Å². The second kappa shape index (κ2) is 7.01. The highest BCUT2D eigenvalue weighted by molar-refractivity contribution is 7.91. The number of nitrogens with zero attached hydrogens (tertiary/aromatic N) is 1. The lowest BCUT2D eigenvalue weighted by molar-refractivity contribution is -0.384. The number of hydrogen-bond donors (Lipinski definition) is 1. The summed E-state index contributed by atoms with van der Waals surface area (Å²) in [6.45, 7) is 1.45. The second-order valence-corrected chi connectivity index (χ2v) is 6.96. The molecule has 0 amide bonds. The first-order chi connectivity index (χ1) is 8.99. The molecule has 1 N–H and O–H groups in total. The third kappa shape index (κ3) is 4.16. The molecule has 1 heterocycles. The molecule has 0 aliphatic carbocycles. The molecule has 1 saturated heterocycles. The summed E-state index contributed by atoms with van der Waals surface area (Å²) in [6, 6.07) is 5.70. The summed E-state index contributed by atoms with van der Waals surface area (Å²) in [6.07, 6.45) is 1.27. The van der Waals surface area contributed by atoms with Gasteiger partial charge in [-0.1, -0.05) is 12.1 Å². The fourth-order valence-electron chi connectivity index (χ4n) is 2.22. The number of nitro groups is 1. The standard InChI is InChI=1S/C12H16N2O4S.ClH/c15-14(16)11-3-1-10(2-4-11)9-19(17,18)12-5-7-13-8-6-12;/h1-4,12-13H,5-9H2;1H. The van der Waals surface area contributed by atoms with E-state index in [0.717, 1.165) is 13.1 Å². The molecule has 1 aromatic rings. The first kappa shape index (κ1) is 16.9. The predicted molar refractivity (Wildman–Crippen MR) is 78.9 cm³/mol. The maximum atomic E-state index is 12.2. The smallest absolute Gasteiger partial charge is 0.269 e. The average molecular weight is 321 g/mol. The molecule has 0 saturated carbocycles. The molecular weight excluding hydrogens is 304 g/mol. The van der Waals surface area contributed by atoms with Crippen molar-refractivity contribution in [2.24, 2.45) is 0 Å². The van der Waals surface area contributed by atoms with Crippen molar-refractivity contribution in [1.82, 2.24) is 5.32 Å². The Kier molecular flexibility index (Phi) is 5.91. The summed E-state index contributed by atoms with van der Waals surface area (Å²) in [7, 11) is -3.18. The number of halogens is 1. The molecule has 0 unspecified atom stereocenters. The highest BCUT2D eigenvalue weighted by Gasteiger charge is 2.27. The quantitative estimate of drug-likeness (QED) is 0.673. The summed E-state index contributed by atoms with van der Waals surface area (Å²) in [5, 5.41) is 13.4. The molecule has 1 aromatic carbocycles. The number of nitrogens with one attached hydrogen (secondary N) is 1. The topological polar surface area (TPSA) is 89.3 Å². The minimum atomic E-state index is -3.18. The average Bonchev–Trinajstić information content (AvgIpc) is 2.40. The Morgan fingerprint density at radius 3 is 2.25 bits per heavy atom. The van der Waals surface area contributed by atoms with Gasteiger partial charge < -0.3 is 5.32 Å². The van der Waals surface area contributed by atoms with Gasteiger partial charge in [-0.05, 0) is 31.5 Å². The number of piperidine rings is 1. The zero-order chi connectivity index (χ0) is 13.9. The van der Waals surface area contributed by atoms with E-state index in [1.54, 1.807) is 0 Å². The van der Waals surface area contributed by atoms with Gasteiger partial charge in [0.1, 0.15) is 0 Å². The van der Waals surface area contributed by atoms with E-state index in [0.29, 0.717) is 18.4 Å². The first-order valence-corrected chi connectivity index (χ1v) is 7.86. The molecule has 0 radical (unpaired) electrons. The van der Waals surface area contributed by atoms with Gasteiger partial charge in [0, 0.05) is 12.1 Å². The van der Waals surface area contributed by atoms with Crippen molar-refractivity contribution in [2.45, 2.75) is 23.8 Å². The monoisotopic (exact) mass is 320 g/mol. The molecule has 0 atom stereocenters. The fourth-order valence-corrected chi connectivity index (χ4v) is 4.07. The lowest BCUT2D eigenvalue weighted by Crippen LogP contribution is -2.36. The summed E-state index contributed by atoms with van der Waals surface area (Å²) in [5.74, 6) is -0.0460. The van der Waals surface area contributed by atoms with E-state index < -0.39 is 14.8 Å². The number of nitro benzene ring substituents is 1. The van der Waals surface area contributed by atoms with Crippen LogP contribution in [0.2, 0.25) is 0 Å². The third-order valence-corrected chi connectivity index (χ3v) is 5.53. The van der Waals surface area contributed by atoms with Crippen molar-refractivity contribution < 1.29 is 13.3 Å². The maximum Gasteiger partial charge on any atom is 0.269 e. The second-order valence-electron chi connectivity index (χ2n) is 4.68. The van der Waals surface area contributed by atoms with Crippen molar-refractivity contribution >= 4 is 27.9 Å².